The molecule has 10 heteroatoms. The van der Waals surface area contributed by atoms with Crippen molar-refractivity contribution in [1.29, 1.82) is 0 Å². The Hall–Kier alpha value is -2.65. The van der Waals surface area contributed by atoms with E-state index in [-0.39, 0.29) is 6.07 Å². The lowest BCUT2D eigenvalue weighted by atomic mass is 10.1. The van der Waals surface area contributed by atoms with Crippen molar-refractivity contribution in [1.82, 2.24) is 0 Å². The van der Waals surface area contributed by atoms with E-state index in [0.29, 0.717) is 12.1 Å². The molecule has 1 N–H and O–H groups in total. The van der Waals surface area contributed by atoms with Crippen molar-refractivity contribution in [2.75, 3.05) is 19.5 Å². The van der Waals surface area contributed by atoms with Gasteiger partial charge in [0.05, 0.1) is 26.0 Å². The molecule has 0 spiro atoms. The molecule has 0 aromatic heterocycles. The molecule has 0 saturated heterocycles. The number of esters is 2. The summed E-state index contributed by atoms with van der Waals surface area (Å²) in [5.74, 6) is -5.54. The fourth-order valence-corrected chi connectivity index (χ4v) is 1.54. The van der Waals surface area contributed by atoms with Crippen molar-refractivity contribution in [2.24, 2.45) is 0 Å². The molecular weight excluding hydrogens is 329 g/mol. The molecule has 0 atom stereocenters. The molecule has 0 unspecified atom stereocenters. The number of anilines is 1. The van der Waals surface area contributed by atoms with E-state index in [4.69, 9.17) is 0 Å². The lowest BCUT2D eigenvalue weighted by molar-refractivity contribution is -0.140. The van der Waals surface area contributed by atoms with Crippen molar-refractivity contribution in [3.8, 4) is 0 Å². The highest BCUT2D eigenvalue weighted by Gasteiger charge is 2.38. The fourth-order valence-electron chi connectivity index (χ4n) is 1.54. The van der Waals surface area contributed by atoms with Gasteiger partial charge in [-0.2, -0.15) is 13.2 Å². The van der Waals surface area contributed by atoms with Gasteiger partial charge in [-0.3, -0.25) is 0 Å². The van der Waals surface area contributed by atoms with E-state index in [1.54, 1.807) is 0 Å². The maximum Gasteiger partial charge on any atom is 0.421 e. The number of carbonyl (C=O) groups excluding carboxylic acids is 2. The first-order chi connectivity index (χ1) is 10.6. The van der Waals surface area contributed by atoms with Crippen molar-refractivity contribution in [3.63, 3.8) is 0 Å². The minimum absolute atomic E-state index is 0.0375. The van der Waals surface area contributed by atoms with E-state index in [2.05, 4.69) is 9.47 Å². The van der Waals surface area contributed by atoms with E-state index in [0.717, 1.165) is 14.2 Å². The highest BCUT2D eigenvalue weighted by molar-refractivity contribution is 5.98. The van der Waals surface area contributed by atoms with Crippen LogP contribution in [0.3, 0.4) is 0 Å². The molecule has 1 aromatic rings. The molecule has 1 aromatic carbocycles. The monoisotopic (exact) mass is 339 g/mol. The van der Waals surface area contributed by atoms with Crippen LogP contribution in [0, 0.1) is 11.6 Å². The van der Waals surface area contributed by atoms with Crippen LogP contribution < -0.4 is 5.32 Å². The average molecular weight is 339 g/mol. The van der Waals surface area contributed by atoms with Crippen LogP contribution in [-0.2, 0) is 25.2 Å². The second-order valence-electron chi connectivity index (χ2n) is 4.01. The molecule has 126 valence electrons. The van der Waals surface area contributed by atoms with Gasteiger partial charge in [0.25, 0.3) is 0 Å². The normalized spacial score (nSPS) is 11.9. The summed E-state index contributed by atoms with van der Waals surface area (Å²) >= 11 is 0. The summed E-state index contributed by atoms with van der Waals surface area (Å²) in [5, 5.41) is 1.84. The molecule has 0 aliphatic carbocycles. The van der Waals surface area contributed by atoms with Gasteiger partial charge in [-0.1, -0.05) is 0 Å². The Bertz CT molecular complexity index is 655. The van der Waals surface area contributed by atoms with Crippen molar-refractivity contribution < 1.29 is 41.0 Å². The number of rotatable bonds is 4. The van der Waals surface area contributed by atoms with Gasteiger partial charge in [0.15, 0.2) is 0 Å². The maximum absolute atomic E-state index is 13.4. The Morgan fingerprint density at radius 3 is 2.22 bits per heavy atom. The van der Waals surface area contributed by atoms with Crippen molar-refractivity contribution in [3.05, 3.63) is 41.1 Å². The number of ether oxygens (including phenoxy) is 2. The van der Waals surface area contributed by atoms with Crippen LogP contribution in [-0.4, -0.2) is 26.2 Å². The fraction of sp³-hybridized carbons (Fsp3) is 0.231. The van der Waals surface area contributed by atoms with Gasteiger partial charge in [0.1, 0.15) is 22.9 Å². The third kappa shape index (κ3) is 4.66. The first-order valence-electron chi connectivity index (χ1n) is 5.81. The maximum atomic E-state index is 13.4. The molecule has 1 rings (SSSR count). The molecule has 5 nitrogen and oxygen atoms in total. The highest BCUT2D eigenvalue weighted by atomic mass is 19.4. The summed E-state index contributed by atoms with van der Waals surface area (Å²) in [6, 6.07) is 0.357. The van der Waals surface area contributed by atoms with Crippen LogP contribution in [0.4, 0.5) is 27.6 Å². The van der Waals surface area contributed by atoms with Crippen molar-refractivity contribution in [2.45, 2.75) is 6.18 Å². The minimum Gasteiger partial charge on any atom is -0.466 e. The van der Waals surface area contributed by atoms with E-state index in [9.17, 15) is 31.5 Å². The second-order valence-corrected chi connectivity index (χ2v) is 4.01. The van der Waals surface area contributed by atoms with E-state index in [1.165, 1.54) is 0 Å². The molecule has 0 amide bonds. The van der Waals surface area contributed by atoms with Crippen LogP contribution >= 0.6 is 0 Å². The quantitative estimate of drug-likeness (QED) is 0.519. The van der Waals surface area contributed by atoms with Crippen LogP contribution in [0.25, 0.3) is 0 Å². The third-order valence-electron chi connectivity index (χ3n) is 2.48. The Kier molecular flexibility index (Phi) is 5.66. The second kappa shape index (κ2) is 7.07. The van der Waals surface area contributed by atoms with E-state index in [1.807, 2.05) is 5.32 Å². The van der Waals surface area contributed by atoms with Gasteiger partial charge in [-0.15, -0.1) is 0 Å². The standard InChI is InChI=1S/C13H10F5NO4/c1-22-10(20)5-9(12(21)23-2)19-8-4-6(14)3-7(15)11(8)13(16,17)18/h3-5,19H,1-2H3/b9-5+. The smallest absolute Gasteiger partial charge is 0.421 e. The number of carbonyl (C=O) groups is 2. The molecule has 0 aliphatic heterocycles. The van der Waals surface area contributed by atoms with Gasteiger partial charge < -0.3 is 14.8 Å². The SMILES string of the molecule is COC(=O)/C=C(/Nc1cc(F)cc(F)c1C(F)(F)F)C(=O)OC. The predicted octanol–water partition coefficient (Wildman–Crippen LogP) is 2.63. The van der Waals surface area contributed by atoms with Gasteiger partial charge >= 0.3 is 18.1 Å². The van der Waals surface area contributed by atoms with Gasteiger partial charge in [0.2, 0.25) is 0 Å². The van der Waals surface area contributed by atoms with Crippen LogP contribution in [0.15, 0.2) is 23.9 Å². The zero-order valence-corrected chi connectivity index (χ0v) is 11.8. The molecule has 0 fully saturated rings. The lowest BCUT2D eigenvalue weighted by Gasteiger charge is -2.16. The summed E-state index contributed by atoms with van der Waals surface area (Å²) in [4.78, 5) is 22.6. The Balaban J connectivity index is 3.42. The molecular formula is C13H10F5NO4. The average Bonchev–Trinajstić information content (AvgIpc) is 2.43. The molecule has 0 bridgehead atoms. The molecule has 23 heavy (non-hydrogen) atoms. The van der Waals surface area contributed by atoms with Crippen molar-refractivity contribution >= 4 is 17.6 Å². The van der Waals surface area contributed by atoms with Gasteiger partial charge in [-0.25, -0.2) is 18.4 Å². The first kappa shape index (κ1) is 18.4. The third-order valence-corrected chi connectivity index (χ3v) is 2.48. The van der Waals surface area contributed by atoms with E-state index < -0.39 is 46.7 Å². The summed E-state index contributed by atoms with van der Waals surface area (Å²) in [7, 11) is 1.85. The summed E-state index contributed by atoms with van der Waals surface area (Å²) in [6.45, 7) is 0. The minimum atomic E-state index is -5.17. The Labute approximate surface area is 126 Å². The zero-order chi connectivity index (χ0) is 17.8. The lowest BCUT2D eigenvalue weighted by Crippen LogP contribution is -2.19. The zero-order valence-electron chi connectivity index (χ0n) is 11.8. The molecule has 0 saturated carbocycles. The Morgan fingerprint density at radius 2 is 1.74 bits per heavy atom. The van der Waals surface area contributed by atoms with Crippen LogP contribution in [0.2, 0.25) is 0 Å². The summed E-state index contributed by atoms with van der Waals surface area (Å²) in [6.07, 6.45) is -4.69. The largest absolute Gasteiger partial charge is 0.466 e. The Morgan fingerprint density at radius 1 is 1.13 bits per heavy atom. The highest BCUT2D eigenvalue weighted by Crippen LogP contribution is 2.37. The number of hydrogen-bond donors (Lipinski definition) is 1. The molecule has 0 radical (unpaired) electrons. The van der Waals surface area contributed by atoms with Gasteiger partial charge in [0, 0.05) is 6.07 Å². The number of hydrogen-bond acceptors (Lipinski definition) is 5. The number of methoxy groups -OCH3 is 2. The molecule has 0 aliphatic rings. The van der Waals surface area contributed by atoms with E-state index >= 15 is 0 Å². The molecule has 0 heterocycles. The number of alkyl halides is 3. The summed E-state index contributed by atoms with van der Waals surface area (Å²) < 4.78 is 73.7. The first-order valence-corrected chi connectivity index (χ1v) is 5.81. The van der Waals surface area contributed by atoms with Crippen LogP contribution in [0.5, 0.6) is 0 Å². The summed E-state index contributed by atoms with van der Waals surface area (Å²) in [5.41, 5.74) is -3.73. The van der Waals surface area contributed by atoms with Gasteiger partial charge in [-0.05, 0) is 6.07 Å². The topological polar surface area (TPSA) is 64.6 Å². The van der Waals surface area contributed by atoms with Crippen LogP contribution in [0.1, 0.15) is 5.56 Å². The number of halogens is 5. The number of nitrogens with one attached hydrogen (secondary N) is 1. The number of benzene rings is 1. The predicted molar refractivity (Wildman–Crippen MR) is 67.1 cm³/mol.